The first kappa shape index (κ1) is 20.6. The van der Waals surface area contributed by atoms with Crippen LogP contribution in [0.1, 0.15) is 22.5 Å². The third-order valence-corrected chi connectivity index (χ3v) is 5.29. The van der Waals surface area contributed by atoms with Crippen molar-refractivity contribution in [2.24, 2.45) is 0 Å². The Labute approximate surface area is 179 Å². The molecule has 1 fully saturated rings. The summed E-state index contributed by atoms with van der Waals surface area (Å²) in [4.78, 5) is 28.7. The lowest BCUT2D eigenvalue weighted by molar-refractivity contribution is 0.0762. The molecule has 7 nitrogen and oxygen atoms in total. The Bertz CT molecular complexity index is 1040. The van der Waals surface area contributed by atoms with E-state index >= 15 is 0 Å². The first-order valence-corrected chi connectivity index (χ1v) is 10.3. The summed E-state index contributed by atoms with van der Waals surface area (Å²) < 4.78 is 13.1. The molecule has 1 saturated heterocycles. The molecule has 1 aliphatic heterocycles. The molecule has 3 amide bonds. The van der Waals surface area contributed by atoms with Crippen LogP contribution in [0.4, 0.5) is 9.18 Å². The van der Waals surface area contributed by atoms with E-state index in [1.807, 2.05) is 36.4 Å². The number of amides is 3. The van der Waals surface area contributed by atoms with Gasteiger partial charge in [0.15, 0.2) is 0 Å². The zero-order valence-electron chi connectivity index (χ0n) is 17.1. The maximum Gasteiger partial charge on any atom is 0.317 e. The Balaban J connectivity index is 1.29. The maximum atomic E-state index is 13.1. The van der Waals surface area contributed by atoms with Gasteiger partial charge in [-0.05, 0) is 36.8 Å². The zero-order chi connectivity index (χ0) is 21.6. The lowest BCUT2D eigenvalue weighted by atomic mass is 10.1. The van der Waals surface area contributed by atoms with Gasteiger partial charge in [-0.25, -0.2) is 9.18 Å². The Kier molecular flexibility index (Phi) is 6.26. The molecule has 0 bridgehead atoms. The molecular weight excluding hydrogens is 397 g/mol. The average molecular weight is 421 g/mol. The van der Waals surface area contributed by atoms with Crippen LogP contribution in [-0.4, -0.2) is 58.1 Å². The molecule has 0 aliphatic carbocycles. The highest BCUT2D eigenvalue weighted by atomic mass is 19.1. The molecular formula is C23H24FN5O2. The van der Waals surface area contributed by atoms with Crippen molar-refractivity contribution in [3.63, 3.8) is 0 Å². The highest BCUT2D eigenvalue weighted by Crippen LogP contribution is 2.17. The van der Waals surface area contributed by atoms with Gasteiger partial charge in [0.25, 0.3) is 5.91 Å². The summed E-state index contributed by atoms with van der Waals surface area (Å²) in [5.41, 5.74) is 3.10. The van der Waals surface area contributed by atoms with Crippen molar-refractivity contribution < 1.29 is 14.0 Å². The summed E-state index contributed by atoms with van der Waals surface area (Å²) in [6, 6.07) is 17.1. The van der Waals surface area contributed by atoms with E-state index in [0.29, 0.717) is 44.7 Å². The minimum Gasteiger partial charge on any atom is -0.337 e. The van der Waals surface area contributed by atoms with E-state index in [0.717, 1.165) is 17.0 Å². The van der Waals surface area contributed by atoms with Gasteiger partial charge in [-0.1, -0.05) is 30.3 Å². The highest BCUT2D eigenvalue weighted by molar-refractivity contribution is 5.94. The Morgan fingerprint density at radius 2 is 1.68 bits per heavy atom. The molecule has 3 aromatic rings. The highest BCUT2D eigenvalue weighted by Gasteiger charge is 2.23. The molecule has 0 radical (unpaired) electrons. The van der Waals surface area contributed by atoms with Crippen molar-refractivity contribution in [1.29, 1.82) is 0 Å². The van der Waals surface area contributed by atoms with E-state index < -0.39 is 0 Å². The second-order valence-corrected chi connectivity index (χ2v) is 7.44. The molecule has 4 rings (SSSR count). The number of benzene rings is 2. The van der Waals surface area contributed by atoms with E-state index in [9.17, 15) is 14.0 Å². The molecule has 0 saturated carbocycles. The number of nitrogens with one attached hydrogen (secondary N) is 2. The number of nitrogens with zero attached hydrogens (tertiary/aromatic N) is 3. The van der Waals surface area contributed by atoms with Crippen LogP contribution in [0.15, 0.2) is 60.7 Å². The number of hydrogen-bond acceptors (Lipinski definition) is 3. The summed E-state index contributed by atoms with van der Waals surface area (Å²) in [6.45, 7) is 2.34. The molecule has 1 aliphatic rings. The number of hydrogen-bond donors (Lipinski definition) is 2. The van der Waals surface area contributed by atoms with Crippen molar-refractivity contribution in [3.8, 4) is 11.3 Å². The molecule has 8 heteroatoms. The zero-order valence-corrected chi connectivity index (χ0v) is 17.1. The topological polar surface area (TPSA) is 81.3 Å². The molecule has 1 aromatic heterocycles. The lowest BCUT2D eigenvalue weighted by Gasteiger charge is -2.22. The van der Waals surface area contributed by atoms with Gasteiger partial charge in [0.2, 0.25) is 0 Å². The van der Waals surface area contributed by atoms with Gasteiger partial charge in [0.05, 0.1) is 17.9 Å². The fourth-order valence-corrected chi connectivity index (χ4v) is 3.59. The van der Waals surface area contributed by atoms with Crippen molar-refractivity contribution in [3.05, 3.63) is 77.7 Å². The van der Waals surface area contributed by atoms with Crippen LogP contribution in [0.25, 0.3) is 11.3 Å². The second-order valence-electron chi connectivity index (χ2n) is 7.44. The first-order valence-electron chi connectivity index (χ1n) is 10.3. The molecule has 2 heterocycles. The Hall–Kier alpha value is -3.68. The standard InChI is InChI=1S/C23H24FN5O2/c24-19-9-7-18(8-10-19)22(30)28-11-4-12-29(14-13-28)23(31)25-16-20-15-21(27-26-20)17-5-2-1-3-6-17/h1-3,5-10,15H,4,11-14,16H2,(H,25,31)(H,26,27). The van der Waals surface area contributed by atoms with E-state index in [2.05, 4.69) is 15.5 Å². The van der Waals surface area contributed by atoms with Crippen LogP contribution < -0.4 is 5.32 Å². The van der Waals surface area contributed by atoms with Gasteiger partial charge in [-0.2, -0.15) is 5.10 Å². The van der Waals surface area contributed by atoms with E-state index in [4.69, 9.17) is 0 Å². The quantitative estimate of drug-likeness (QED) is 0.678. The number of aromatic amines is 1. The van der Waals surface area contributed by atoms with E-state index in [1.165, 1.54) is 24.3 Å². The fourth-order valence-electron chi connectivity index (χ4n) is 3.59. The monoisotopic (exact) mass is 421 g/mol. The maximum absolute atomic E-state index is 13.1. The smallest absolute Gasteiger partial charge is 0.317 e. The van der Waals surface area contributed by atoms with Gasteiger partial charge in [-0.15, -0.1) is 0 Å². The SMILES string of the molecule is O=C(NCc1cc(-c2ccccc2)n[nH]1)N1CCCN(C(=O)c2ccc(F)cc2)CC1. The number of aromatic nitrogens is 2. The summed E-state index contributed by atoms with van der Waals surface area (Å²) in [5, 5.41) is 10.2. The number of carbonyl (C=O) groups excluding carboxylic acids is 2. The van der Waals surface area contributed by atoms with Crippen LogP contribution >= 0.6 is 0 Å². The number of carbonyl (C=O) groups is 2. The van der Waals surface area contributed by atoms with Crippen molar-refractivity contribution in [1.82, 2.24) is 25.3 Å². The Morgan fingerprint density at radius 1 is 0.968 bits per heavy atom. The van der Waals surface area contributed by atoms with E-state index in [1.54, 1.807) is 9.80 Å². The van der Waals surface area contributed by atoms with Gasteiger partial charge < -0.3 is 15.1 Å². The number of halogens is 1. The van der Waals surface area contributed by atoms with Gasteiger partial charge in [0, 0.05) is 37.3 Å². The molecule has 160 valence electrons. The largest absolute Gasteiger partial charge is 0.337 e. The van der Waals surface area contributed by atoms with Crippen LogP contribution in [0, 0.1) is 5.82 Å². The summed E-state index contributed by atoms with van der Waals surface area (Å²) in [5.74, 6) is -0.517. The van der Waals surface area contributed by atoms with Gasteiger partial charge in [-0.3, -0.25) is 9.89 Å². The molecule has 0 spiro atoms. The Morgan fingerprint density at radius 3 is 2.45 bits per heavy atom. The second kappa shape index (κ2) is 9.42. The average Bonchev–Trinajstić information content (AvgIpc) is 3.14. The minimum absolute atomic E-state index is 0.145. The van der Waals surface area contributed by atoms with Crippen LogP contribution in [-0.2, 0) is 6.54 Å². The fraction of sp³-hybridized carbons (Fsp3) is 0.261. The number of H-pyrrole nitrogens is 1. The molecule has 31 heavy (non-hydrogen) atoms. The molecule has 0 unspecified atom stereocenters. The first-order chi connectivity index (χ1) is 15.1. The lowest BCUT2D eigenvalue weighted by Crippen LogP contribution is -2.42. The minimum atomic E-state index is -0.372. The summed E-state index contributed by atoms with van der Waals surface area (Å²) in [6.07, 6.45) is 0.683. The third kappa shape index (κ3) is 5.09. The predicted octanol–water partition coefficient (Wildman–Crippen LogP) is 3.27. The van der Waals surface area contributed by atoms with Crippen LogP contribution in [0.5, 0.6) is 0 Å². The summed E-state index contributed by atoms with van der Waals surface area (Å²) >= 11 is 0. The van der Waals surface area contributed by atoms with Crippen LogP contribution in [0.2, 0.25) is 0 Å². The van der Waals surface area contributed by atoms with Gasteiger partial charge >= 0.3 is 6.03 Å². The van der Waals surface area contributed by atoms with Crippen LogP contribution in [0.3, 0.4) is 0 Å². The normalized spacial score (nSPS) is 14.2. The van der Waals surface area contributed by atoms with Gasteiger partial charge in [0.1, 0.15) is 5.82 Å². The van der Waals surface area contributed by atoms with Crippen molar-refractivity contribution in [2.75, 3.05) is 26.2 Å². The summed E-state index contributed by atoms with van der Waals surface area (Å²) in [7, 11) is 0. The molecule has 0 atom stereocenters. The molecule has 2 N–H and O–H groups in total. The number of urea groups is 1. The number of rotatable bonds is 4. The predicted molar refractivity (Wildman–Crippen MR) is 115 cm³/mol. The van der Waals surface area contributed by atoms with Crippen molar-refractivity contribution in [2.45, 2.75) is 13.0 Å². The third-order valence-electron chi connectivity index (χ3n) is 5.29. The van der Waals surface area contributed by atoms with Crippen molar-refractivity contribution >= 4 is 11.9 Å². The molecule has 2 aromatic carbocycles. The van der Waals surface area contributed by atoms with E-state index in [-0.39, 0.29) is 17.8 Å².